The van der Waals surface area contributed by atoms with Gasteiger partial charge in [-0.3, -0.25) is 9.59 Å². The summed E-state index contributed by atoms with van der Waals surface area (Å²) >= 11 is 0. The minimum Gasteiger partial charge on any atom is -0.364 e. The number of benzene rings is 1. The van der Waals surface area contributed by atoms with Crippen LogP contribution in [0.5, 0.6) is 0 Å². The molecule has 4 N–H and O–H groups in total. The molecule has 0 fully saturated rings. The molecule has 0 aliphatic carbocycles. The van der Waals surface area contributed by atoms with Gasteiger partial charge < -0.3 is 20.9 Å². The molecule has 1 atom stereocenters. The van der Waals surface area contributed by atoms with Crippen LogP contribution in [0.4, 0.5) is 26.3 Å². The first-order chi connectivity index (χ1) is 15.4. The number of carbonyl (C=O) groups is 2. The molecule has 0 radical (unpaired) electrons. The zero-order chi connectivity index (χ0) is 25.1. The first kappa shape index (κ1) is 26.2. The van der Waals surface area contributed by atoms with Crippen molar-refractivity contribution in [3.63, 3.8) is 0 Å². The maximum Gasteiger partial charge on any atom is 0.449 e. The minimum atomic E-state index is -4.81. The van der Waals surface area contributed by atoms with Gasteiger partial charge in [0.15, 0.2) is 17.3 Å². The van der Waals surface area contributed by atoms with Crippen LogP contribution in [0.25, 0.3) is 0 Å². The van der Waals surface area contributed by atoms with E-state index in [1.54, 1.807) is 0 Å². The Hall–Kier alpha value is -3.09. The summed E-state index contributed by atoms with van der Waals surface area (Å²) in [7, 11) is 0. The summed E-state index contributed by atoms with van der Waals surface area (Å²) in [5.41, 5.74) is 10.00. The molecule has 1 aliphatic rings. The molecular formula is C20H23F6N5O2. The molecule has 182 valence electrons. The molecule has 1 aromatic heterocycles. The molecule has 0 saturated carbocycles. The summed E-state index contributed by atoms with van der Waals surface area (Å²) in [5, 5.41) is 0. The minimum absolute atomic E-state index is 0.115. The molecule has 13 heteroatoms. The van der Waals surface area contributed by atoms with E-state index in [2.05, 4.69) is 4.98 Å². The Labute approximate surface area is 185 Å². The van der Waals surface area contributed by atoms with Crippen LogP contribution in [0.1, 0.15) is 47.8 Å². The fourth-order valence-electron chi connectivity index (χ4n) is 3.42. The zero-order valence-corrected chi connectivity index (χ0v) is 17.8. The molecule has 33 heavy (non-hydrogen) atoms. The molecule has 3 rings (SSSR count). The van der Waals surface area contributed by atoms with Gasteiger partial charge in [0.05, 0.1) is 12.2 Å². The molecule has 1 unspecified atom stereocenters. The van der Waals surface area contributed by atoms with Crippen molar-refractivity contribution in [3.8, 4) is 0 Å². The third-order valence-electron chi connectivity index (χ3n) is 4.85. The Morgan fingerprint density at radius 2 is 1.70 bits per heavy atom. The lowest BCUT2D eigenvalue weighted by atomic mass is 10.0. The average Bonchev–Trinajstić information content (AvgIpc) is 3.13. The molecule has 0 spiro atoms. The number of nitrogens with zero attached hydrogens (tertiary/aromatic N) is 3. The summed E-state index contributed by atoms with van der Waals surface area (Å²) in [6.45, 7) is 3.26. The molecule has 2 heterocycles. The number of hydrogen-bond donors (Lipinski definition) is 2. The smallest absolute Gasteiger partial charge is 0.364 e. The van der Waals surface area contributed by atoms with Crippen molar-refractivity contribution in [3.05, 3.63) is 52.4 Å². The normalized spacial score (nSPS) is 14.3. The van der Waals surface area contributed by atoms with Gasteiger partial charge in [-0.15, -0.1) is 0 Å². The quantitative estimate of drug-likeness (QED) is 0.508. The molecule has 2 aromatic rings. The van der Waals surface area contributed by atoms with E-state index in [1.165, 1.54) is 4.90 Å². The highest BCUT2D eigenvalue weighted by atomic mass is 19.4. The second-order valence-electron chi connectivity index (χ2n) is 7.09. The molecule has 2 amide bonds. The molecular weight excluding hydrogens is 456 g/mol. The largest absolute Gasteiger partial charge is 0.449 e. The summed E-state index contributed by atoms with van der Waals surface area (Å²) in [5.74, 6) is -6.67. The van der Waals surface area contributed by atoms with Gasteiger partial charge in [-0.1, -0.05) is 13.8 Å². The summed E-state index contributed by atoms with van der Waals surface area (Å²) in [4.78, 5) is 28.5. The van der Waals surface area contributed by atoms with E-state index in [1.807, 2.05) is 13.8 Å². The van der Waals surface area contributed by atoms with Gasteiger partial charge >= 0.3 is 6.18 Å². The molecule has 0 bridgehead atoms. The number of carbonyl (C=O) groups excluding carboxylic acids is 2. The molecule has 1 aliphatic heterocycles. The Morgan fingerprint density at radius 3 is 2.27 bits per heavy atom. The average molecular weight is 479 g/mol. The lowest BCUT2D eigenvalue weighted by Crippen LogP contribution is -2.42. The van der Waals surface area contributed by atoms with Gasteiger partial charge in [0, 0.05) is 31.6 Å². The number of amides is 2. The van der Waals surface area contributed by atoms with Crippen molar-refractivity contribution >= 4 is 11.8 Å². The van der Waals surface area contributed by atoms with Crippen molar-refractivity contribution in [2.24, 2.45) is 11.5 Å². The van der Waals surface area contributed by atoms with Gasteiger partial charge in [-0.25, -0.2) is 18.2 Å². The Morgan fingerprint density at radius 1 is 1.09 bits per heavy atom. The first-order valence-electron chi connectivity index (χ1n) is 10.0. The van der Waals surface area contributed by atoms with Crippen LogP contribution in [-0.2, 0) is 30.5 Å². The lowest BCUT2D eigenvalue weighted by molar-refractivity contribution is -0.148. The highest BCUT2D eigenvalue weighted by molar-refractivity contribution is 5.92. The predicted molar refractivity (Wildman–Crippen MR) is 105 cm³/mol. The van der Waals surface area contributed by atoms with Crippen molar-refractivity contribution in [1.82, 2.24) is 14.5 Å². The van der Waals surface area contributed by atoms with E-state index in [0.29, 0.717) is 12.1 Å². The monoisotopic (exact) mass is 479 g/mol. The standard InChI is InChI=1S/C18H17F6N5O2.C2H6/c19-10-6-12(21)11(20)4-8(10)3-9(25)5-14(30)28-1-2-29-13(7-28)15(16(26)31)27-17(29)18(22,23)24;1-2/h4,6,9H,1-3,5,7,25H2,(H2,26,31);1-2H3. The van der Waals surface area contributed by atoms with E-state index < -0.39 is 53.0 Å². The first-order valence-corrected chi connectivity index (χ1v) is 10.0. The van der Waals surface area contributed by atoms with Crippen LogP contribution in [0, 0.1) is 17.5 Å². The Bertz CT molecular complexity index is 1040. The van der Waals surface area contributed by atoms with Crippen LogP contribution in [0.3, 0.4) is 0 Å². The summed E-state index contributed by atoms with van der Waals surface area (Å²) in [6, 6.07) is 0.0425. The molecule has 7 nitrogen and oxygen atoms in total. The fraction of sp³-hybridized carbons (Fsp3) is 0.450. The number of hydrogen-bond acceptors (Lipinski definition) is 4. The second kappa shape index (κ2) is 10.2. The number of primary amides is 1. The van der Waals surface area contributed by atoms with E-state index in [0.717, 1.165) is 4.57 Å². The van der Waals surface area contributed by atoms with Crippen LogP contribution in [0.2, 0.25) is 0 Å². The molecule has 0 saturated heterocycles. The SMILES string of the molecule is CC.NC(=O)c1nc(C(F)(F)F)n2c1CN(C(=O)CC(N)Cc1cc(F)c(F)cc1F)CC2. The number of nitrogens with two attached hydrogens (primary N) is 2. The topological polar surface area (TPSA) is 107 Å². The maximum atomic E-state index is 13.8. The van der Waals surface area contributed by atoms with Crippen molar-refractivity contribution < 1.29 is 35.9 Å². The number of rotatable bonds is 5. The van der Waals surface area contributed by atoms with Crippen molar-refractivity contribution in [1.29, 1.82) is 0 Å². The van der Waals surface area contributed by atoms with E-state index in [-0.39, 0.29) is 43.7 Å². The van der Waals surface area contributed by atoms with E-state index in [9.17, 15) is 35.9 Å². The number of alkyl halides is 3. The van der Waals surface area contributed by atoms with Crippen molar-refractivity contribution in [2.45, 2.75) is 52.0 Å². The highest BCUT2D eigenvalue weighted by Crippen LogP contribution is 2.32. The second-order valence-corrected chi connectivity index (χ2v) is 7.09. The number of fused-ring (bicyclic) bond motifs is 1. The van der Waals surface area contributed by atoms with Crippen molar-refractivity contribution in [2.75, 3.05) is 6.54 Å². The van der Waals surface area contributed by atoms with E-state index in [4.69, 9.17) is 11.5 Å². The highest BCUT2D eigenvalue weighted by Gasteiger charge is 2.41. The number of halogens is 6. The van der Waals surface area contributed by atoms with Crippen LogP contribution < -0.4 is 11.5 Å². The van der Waals surface area contributed by atoms with Gasteiger partial charge in [0.2, 0.25) is 11.7 Å². The summed E-state index contributed by atoms with van der Waals surface area (Å²) < 4.78 is 80.4. The van der Waals surface area contributed by atoms with Crippen LogP contribution in [-0.4, -0.2) is 38.9 Å². The van der Waals surface area contributed by atoms with E-state index >= 15 is 0 Å². The Balaban J connectivity index is 0.00000187. The number of imidazole rings is 1. The molecule has 1 aromatic carbocycles. The van der Waals surface area contributed by atoms with Crippen LogP contribution >= 0.6 is 0 Å². The third-order valence-corrected chi connectivity index (χ3v) is 4.85. The van der Waals surface area contributed by atoms with Gasteiger partial charge in [0.1, 0.15) is 5.82 Å². The summed E-state index contributed by atoms with van der Waals surface area (Å²) in [6.07, 6.45) is -5.43. The van der Waals surface area contributed by atoms with Gasteiger partial charge in [0.25, 0.3) is 5.91 Å². The van der Waals surface area contributed by atoms with Gasteiger partial charge in [-0.2, -0.15) is 13.2 Å². The predicted octanol–water partition coefficient (Wildman–Crippen LogP) is 2.75. The Kier molecular flexibility index (Phi) is 8.11. The number of aromatic nitrogens is 2. The zero-order valence-electron chi connectivity index (χ0n) is 17.8. The third kappa shape index (κ3) is 5.83. The van der Waals surface area contributed by atoms with Gasteiger partial charge in [-0.05, 0) is 18.1 Å². The fourth-order valence-corrected chi connectivity index (χ4v) is 3.42. The lowest BCUT2D eigenvalue weighted by Gasteiger charge is -2.30. The maximum absolute atomic E-state index is 13.8. The van der Waals surface area contributed by atoms with Crippen LogP contribution in [0.15, 0.2) is 12.1 Å².